The standard InChI is InChI=1S/C16H16F2N4O2/c17-10-3-4-11(12(18)7-10)15(23)19-5-6-20-16(24)14-8-13(21-22-14)9-1-2-9/h3-4,7-9H,1-2,5-6H2,(H,19,23)(H,20,24)(H,21,22). The first-order valence-corrected chi connectivity index (χ1v) is 7.61. The van der Waals surface area contributed by atoms with Gasteiger partial charge >= 0.3 is 0 Å². The van der Waals surface area contributed by atoms with Crippen LogP contribution in [0.1, 0.15) is 45.3 Å². The number of hydrogen-bond donors (Lipinski definition) is 3. The fraction of sp³-hybridized carbons (Fsp3) is 0.312. The molecule has 1 aliphatic carbocycles. The largest absolute Gasteiger partial charge is 0.350 e. The van der Waals surface area contributed by atoms with E-state index in [1.54, 1.807) is 6.07 Å². The second-order valence-electron chi connectivity index (χ2n) is 5.62. The van der Waals surface area contributed by atoms with Gasteiger partial charge < -0.3 is 10.6 Å². The van der Waals surface area contributed by atoms with E-state index in [1.165, 1.54) is 0 Å². The van der Waals surface area contributed by atoms with Crippen molar-refractivity contribution in [2.75, 3.05) is 13.1 Å². The summed E-state index contributed by atoms with van der Waals surface area (Å²) in [7, 11) is 0. The number of hydrogen-bond acceptors (Lipinski definition) is 3. The van der Waals surface area contributed by atoms with E-state index in [1.807, 2.05) is 0 Å². The van der Waals surface area contributed by atoms with Crippen LogP contribution in [0.3, 0.4) is 0 Å². The quantitative estimate of drug-likeness (QED) is 0.703. The third-order valence-corrected chi connectivity index (χ3v) is 3.72. The van der Waals surface area contributed by atoms with E-state index in [2.05, 4.69) is 20.8 Å². The van der Waals surface area contributed by atoms with E-state index in [0.717, 1.165) is 30.7 Å². The van der Waals surface area contributed by atoms with Crippen LogP contribution in [0.4, 0.5) is 8.78 Å². The van der Waals surface area contributed by atoms with Gasteiger partial charge in [-0.25, -0.2) is 8.78 Å². The Morgan fingerprint density at radius 3 is 2.50 bits per heavy atom. The molecule has 0 saturated heterocycles. The Labute approximate surface area is 136 Å². The smallest absolute Gasteiger partial charge is 0.271 e. The van der Waals surface area contributed by atoms with Crippen LogP contribution >= 0.6 is 0 Å². The van der Waals surface area contributed by atoms with E-state index < -0.39 is 17.5 Å². The minimum absolute atomic E-state index is 0.112. The Balaban J connectivity index is 1.44. The van der Waals surface area contributed by atoms with Gasteiger partial charge in [-0.05, 0) is 31.0 Å². The predicted octanol–water partition coefficient (Wildman–Crippen LogP) is 1.73. The molecule has 0 unspecified atom stereocenters. The van der Waals surface area contributed by atoms with Crippen LogP contribution in [0.2, 0.25) is 0 Å². The van der Waals surface area contributed by atoms with Crippen LogP contribution in [0.25, 0.3) is 0 Å². The summed E-state index contributed by atoms with van der Waals surface area (Å²) in [4.78, 5) is 23.7. The summed E-state index contributed by atoms with van der Waals surface area (Å²) in [6, 6.07) is 4.45. The summed E-state index contributed by atoms with van der Waals surface area (Å²) in [5.41, 5.74) is 1.01. The van der Waals surface area contributed by atoms with Gasteiger partial charge in [-0.15, -0.1) is 0 Å². The highest BCUT2D eigenvalue weighted by molar-refractivity contribution is 5.94. The van der Waals surface area contributed by atoms with Crippen LogP contribution in [-0.2, 0) is 0 Å². The normalized spacial score (nSPS) is 13.6. The molecule has 0 aliphatic heterocycles. The summed E-state index contributed by atoms with van der Waals surface area (Å²) < 4.78 is 26.2. The Morgan fingerprint density at radius 2 is 1.83 bits per heavy atom. The van der Waals surface area contributed by atoms with Crippen molar-refractivity contribution in [1.82, 2.24) is 20.8 Å². The van der Waals surface area contributed by atoms with Crippen LogP contribution in [0, 0.1) is 11.6 Å². The number of H-pyrrole nitrogens is 1. The molecule has 6 nitrogen and oxygen atoms in total. The van der Waals surface area contributed by atoms with Crippen LogP contribution in [0.15, 0.2) is 24.3 Å². The lowest BCUT2D eigenvalue weighted by Gasteiger charge is -2.07. The van der Waals surface area contributed by atoms with Crippen molar-refractivity contribution in [2.45, 2.75) is 18.8 Å². The fourth-order valence-corrected chi connectivity index (χ4v) is 2.27. The van der Waals surface area contributed by atoms with E-state index in [-0.39, 0.29) is 24.6 Å². The molecule has 2 amide bonds. The molecule has 126 valence electrons. The molecule has 3 rings (SSSR count). The average Bonchev–Trinajstić information content (AvgIpc) is 3.28. The third kappa shape index (κ3) is 3.76. The molecular weight excluding hydrogens is 318 g/mol. The van der Waals surface area contributed by atoms with Crippen LogP contribution < -0.4 is 10.6 Å². The number of amides is 2. The van der Waals surface area contributed by atoms with Gasteiger partial charge in [0, 0.05) is 30.8 Å². The highest BCUT2D eigenvalue weighted by Crippen LogP contribution is 2.38. The molecule has 1 aliphatic rings. The molecule has 8 heteroatoms. The molecule has 1 saturated carbocycles. The number of benzene rings is 1. The van der Waals surface area contributed by atoms with Crippen molar-refractivity contribution in [2.24, 2.45) is 0 Å². The SMILES string of the molecule is O=C(NCCNC(=O)c1ccc(F)cc1F)c1cc(C2CC2)[nH]n1. The van der Waals surface area contributed by atoms with Gasteiger partial charge in [0.25, 0.3) is 11.8 Å². The summed E-state index contributed by atoms with van der Waals surface area (Å²) in [5, 5.41) is 11.9. The lowest BCUT2D eigenvalue weighted by atomic mass is 10.2. The summed E-state index contributed by atoms with van der Waals surface area (Å²) in [6.07, 6.45) is 2.21. The van der Waals surface area contributed by atoms with Gasteiger partial charge in [0.1, 0.15) is 17.3 Å². The summed E-state index contributed by atoms with van der Waals surface area (Å²) in [6.45, 7) is 0.278. The number of nitrogens with one attached hydrogen (secondary N) is 3. The van der Waals surface area contributed by atoms with Crippen molar-refractivity contribution in [3.63, 3.8) is 0 Å². The Hall–Kier alpha value is -2.77. The Bertz CT molecular complexity index is 771. The molecular formula is C16H16F2N4O2. The molecule has 0 atom stereocenters. The first kappa shape index (κ1) is 16.1. The van der Waals surface area contributed by atoms with Gasteiger partial charge in [-0.2, -0.15) is 5.10 Å². The first-order chi connectivity index (χ1) is 11.5. The number of carbonyl (C=O) groups is 2. The van der Waals surface area contributed by atoms with Crippen molar-refractivity contribution in [3.8, 4) is 0 Å². The highest BCUT2D eigenvalue weighted by Gasteiger charge is 2.26. The maximum absolute atomic E-state index is 13.4. The van der Waals surface area contributed by atoms with E-state index in [4.69, 9.17) is 0 Å². The van der Waals surface area contributed by atoms with Gasteiger partial charge in [-0.3, -0.25) is 14.7 Å². The molecule has 24 heavy (non-hydrogen) atoms. The number of rotatable bonds is 6. The molecule has 3 N–H and O–H groups in total. The molecule has 0 radical (unpaired) electrons. The number of aromatic amines is 1. The highest BCUT2D eigenvalue weighted by atomic mass is 19.1. The lowest BCUT2D eigenvalue weighted by Crippen LogP contribution is -2.35. The zero-order valence-electron chi connectivity index (χ0n) is 12.7. The zero-order chi connectivity index (χ0) is 17.1. The van der Waals surface area contributed by atoms with E-state index in [9.17, 15) is 18.4 Å². The maximum atomic E-state index is 13.4. The zero-order valence-corrected chi connectivity index (χ0v) is 12.7. The third-order valence-electron chi connectivity index (χ3n) is 3.72. The van der Waals surface area contributed by atoms with E-state index in [0.29, 0.717) is 17.7 Å². The van der Waals surface area contributed by atoms with Crippen LogP contribution in [0.5, 0.6) is 0 Å². The van der Waals surface area contributed by atoms with Crippen LogP contribution in [-0.4, -0.2) is 35.1 Å². The minimum atomic E-state index is -0.930. The van der Waals surface area contributed by atoms with Crippen molar-refractivity contribution < 1.29 is 18.4 Å². The molecule has 0 bridgehead atoms. The number of nitrogens with zero attached hydrogens (tertiary/aromatic N) is 1. The van der Waals surface area contributed by atoms with Gasteiger partial charge in [0.15, 0.2) is 0 Å². The number of carbonyl (C=O) groups excluding carboxylic acids is 2. The number of aromatic nitrogens is 2. The number of halogens is 2. The topological polar surface area (TPSA) is 86.9 Å². The second kappa shape index (κ2) is 6.77. The van der Waals surface area contributed by atoms with Gasteiger partial charge in [0.2, 0.25) is 0 Å². The van der Waals surface area contributed by atoms with Gasteiger partial charge in [0.05, 0.1) is 5.56 Å². The molecule has 1 aromatic carbocycles. The maximum Gasteiger partial charge on any atom is 0.271 e. The molecule has 0 spiro atoms. The first-order valence-electron chi connectivity index (χ1n) is 7.61. The average molecular weight is 334 g/mol. The van der Waals surface area contributed by atoms with Crippen molar-refractivity contribution in [1.29, 1.82) is 0 Å². The minimum Gasteiger partial charge on any atom is -0.350 e. The van der Waals surface area contributed by atoms with Gasteiger partial charge in [-0.1, -0.05) is 0 Å². The Kier molecular flexibility index (Phi) is 4.54. The van der Waals surface area contributed by atoms with Crippen molar-refractivity contribution >= 4 is 11.8 Å². The second-order valence-corrected chi connectivity index (χ2v) is 5.62. The summed E-state index contributed by atoms with van der Waals surface area (Å²) >= 11 is 0. The summed E-state index contributed by atoms with van der Waals surface area (Å²) in [5.74, 6) is -2.22. The van der Waals surface area contributed by atoms with Crippen molar-refractivity contribution in [3.05, 3.63) is 52.9 Å². The fourth-order valence-electron chi connectivity index (χ4n) is 2.27. The monoisotopic (exact) mass is 334 g/mol. The lowest BCUT2D eigenvalue weighted by molar-refractivity contribution is 0.0923. The predicted molar refractivity (Wildman–Crippen MR) is 81.6 cm³/mol. The van der Waals surface area contributed by atoms with E-state index >= 15 is 0 Å². The Morgan fingerprint density at radius 1 is 1.12 bits per heavy atom. The molecule has 1 heterocycles. The molecule has 1 fully saturated rings. The molecule has 1 aromatic heterocycles. The molecule has 2 aromatic rings.